The Morgan fingerprint density at radius 2 is 2.38 bits per heavy atom. The molecular formula is C8H12N2O2S. The highest BCUT2D eigenvalue weighted by molar-refractivity contribution is 8.01. The van der Waals surface area contributed by atoms with Crippen LogP contribution >= 0.6 is 11.8 Å². The van der Waals surface area contributed by atoms with Crippen molar-refractivity contribution < 1.29 is 9.59 Å². The summed E-state index contributed by atoms with van der Waals surface area (Å²) in [5, 5.41) is 2.71. The fourth-order valence-electron chi connectivity index (χ4n) is 1.82. The maximum atomic E-state index is 11.4. The largest absolute Gasteiger partial charge is 0.344 e. The van der Waals surface area contributed by atoms with E-state index in [2.05, 4.69) is 19.2 Å². The molecule has 0 aromatic carbocycles. The lowest BCUT2D eigenvalue weighted by molar-refractivity contribution is -0.146. The molecule has 0 radical (unpaired) electrons. The van der Waals surface area contributed by atoms with E-state index < -0.39 is 0 Å². The molecule has 0 bridgehead atoms. The SMILES string of the molecule is CC1(C)CN2C(=O)[C@@H](NC=O)[C@H]2S1. The minimum Gasteiger partial charge on any atom is -0.344 e. The average Bonchev–Trinajstić information content (AvgIpc) is 2.35. The quantitative estimate of drug-likeness (QED) is 0.496. The van der Waals surface area contributed by atoms with Crippen molar-refractivity contribution >= 4 is 24.1 Å². The minimum atomic E-state index is -0.288. The van der Waals surface area contributed by atoms with Gasteiger partial charge in [0.1, 0.15) is 11.4 Å². The van der Waals surface area contributed by atoms with Gasteiger partial charge in [0.15, 0.2) is 0 Å². The Kier molecular flexibility index (Phi) is 1.80. The van der Waals surface area contributed by atoms with Gasteiger partial charge in [-0.25, -0.2) is 0 Å². The van der Waals surface area contributed by atoms with Crippen LogP contribution in [0.2, 0.25) is 0 Å². The number of carbonyl (C=O) groups is 2. The van der Waals surface area contributed by atoms with Crippen LogP contribution in [0.25, 0.3) is 0 Å². The molecule has 0 saturated carbocycles. The molecule has 5 heteroatoms. The standard InChI is InChI=1S/C8H12N2O2S/c1-8(2)3-10-6(12)5(9-4-11)7(10)13-8/h4-5,7H,3H2,1-2H3,(H,9,11)/t5-,7-/m1/s1. The van der Waals surface area contributed by atoms with Crippen molar-refractivity contribution in [3.63, 3.8) is 0 Å². The summed E-state index contributed by atoms with van der Waals surface area (Å²) in [5.74, 6) is 0.0511. The third-order valence-corrected chi connectivity index (χ3v) is 3.92. The van der Waals surface area contributed by atoms with Crippen molar-refractivity contribution in [2.24, 2.45) is 0 Å². The number of hydrogen-bond acceptors (Lipinski definition) is 3. The van der Waals surface area contributed by atoms with Gasteiger partial charge in [0.25, 0.3) is 0 Å². The van der Waals surface area contributed by atoms with Crippen LogP contribution in [0.3, 0.4) is 0 Å². The van der Waals surface area contributed by atoms with Crippen LogP contribution in [-0.2, 0) is 9.59 Å². The highest BCUT2D eigenvalue weighted by atomic mass is 32.2. The van der Waals surface area contributed by atoms with Crippen molar-refractivity contribution in [2.45, 2.75) is 30.0 Å². The summed E-state index contributed by atoms with van der Waals surface area (Å²) in [6, 6.07) is -0.288. The smallest absolute Gasteiger partial charge is 0.249 e. The normalized spacial score (nSPS) is 35.2. The summed E-state index contributed by atoms with van der Waals surface area (Å²) in [6.45, 7) is 5.01. The second-order valence-electron chi connectivity index (χ2n) is 4.00. The van der Waals surface area contributed by atoms with Crippen LogP contribution in [0, 0.1) is 0 Å². The topological polar surface area (TPSA) is 49.4 Å². The van der Waals surface area contributed by atoms with E-state index in [0.29, 0.717) is 6.41 Å². The van der Waals surface area contributed by atoms with Gasteiger partial charge in [-0.05, 0) is 13.8 Å². The number of thioether (sulfide) groups is 1. The summed E-state index contributed by atoms with van der Waals surface area (Å²) in [5.41, 5.74) is 0. The van der Waals surface area contributed by atoms with E-state index >= 15 is 0 Å². The molecule has 2 amide bonds. The zero-order chi connectivity index (χ0) is 9.64. The zero-order valence-electron chi connectivity index (χ0n) is 7.61. The van der Waals surface area contributed by atoms with E-state index in [-0.39, 0.29) is 22.1 Å². The average molecular weight is 200 g/mol. The van der Waals surface area contributed by atoms with Crippen LogP contribution in [0.4, 0.5) is 0 Å². The van der Waals surface area contributed by atoms with Gasteiger partial charge in [-0.3, -0.25) is 9.59 Å². The molecule has 72 valence electrons. The number of fused-ring (bicyclic) bond motifs is 1. The maximum Gasteiger partial charge on any atom is 0.249 e. The minimum absolute atomic E-state index is 0.0511. The summed E-state index contributed by atoms with van der Waals surface area (Å²) < 4.78 is 0.125. The molecule has 0 unspecified atom stereocenters. The fourth-order valence-corrected chi connectivity index (χ4v) is 3.33. The van der Waals surface area contributed by atoms with Gasteiger partial charge >= 0.3 is 0 Å². The predicted octanol–water partition coefficient (Wildman–Crippen LogP) is -0.205. The number of β-lactam (4-membered cyclic amide) rings is 1. The van der Waals surface area contributed by atoms with Crippen molar-refractivity contribution in [1.29, 1.82) is 0 Å². The second-order valence-corrected chi connectivity index (χ2v) is 5.82. The fraction of sp³-hybridized carbons (Fsp3) is 0.750. The summed E-state index contributed by atoms with van der Waals surface area (Å²) in [6.07, 6.45) is 0.603. The monoisotopic (exact) mass is 200 g/mol. The summed E-state index contributed by atoms with van der Waals surface area (Å²) in [4.78, 5) is 23.4. The molecule has 2 aliphatic rings. The van der Waals surface area contributed by atoms with Gasteiger partial charge in [-0.1, -0.05) is 0 Å². The van der Waals surface area contributed by atoms with Gasteiger partial charge in [-0.15, -0.1) is 11.8 Å². The second kappa shape index (κ2) is 2.64. The molecule has 0 spiro atoms. The van der Waals surface area contributed by atoms with E-state index in [1.165, 1.54) is 0 Å². The third-order valence-electron chi connectivity index (χ3n) is 2.38. The Labute approximate surface area is 81.0 Å². The number of amides is 2. The Bertz CT molecular complexity index is 267. The molecule has 2 saturated heterocycles. The van der Waals surface area contributed by atoms with Crippen molar-refractivity contribution in [2.75, 3.05) is 6.54 Å². The summed E-state index contributed by atoms with van der Waals surface area (Å²) >= 11 is 1.75. The lowest BCUT2D eigenvalue weighted by Crippen LogP contribution is -2.66. The highest BCUT2D eigenvalue weighted by Crippen LogP contribution is 2.45. The first-order valence-electron chi connectivity index (χ1n) is 4.23. The number of hydrogen-bond donors (Lipinski definition) is 1. The first kappa shape index (κ1) is 8.87. The molecule has 2 atom stereocenters. The molecule has 2 rings (SSSR count). The van der Waals surface area contributed by atoms with Crippen molar-refractivity contribution in [1.82, 2.24) is 10.2 Å². The van der Waals surface area contributed by atoms with Gasteiger partial charge in [0, 0.05) is 11.3 Å². The van der Waals surface area contributed by atoms with Gasteiger partial charge in [0.05, 0.1) is 0 Å². The van der Waals surface area contributed by atoms with E-state index in [1.54, 1.807) is 11.8 Å². The Morgan fingerprint density at radius 1 is 1.69 bits per heavy atom. The van der Waals surface area contributed by atoms with Crippen LogP contribution in [0.15, 0.2) is 0 Å². The predicted molar refractivity (Wildman–Crippen MR) is 50.2 cm³/mol. The summed E-state index contributed by atoms with van der Waals surface area (Å²) in [7, 11) is 0. The number of rotatable bonds is 2. The maximum absolute atomic E-state index is 11.4. The first-order valence-corrected chi connectivity index (χ1v) is 5.11. The molecule has 2 aliphatic heterocycles. The van der Waals surface area contributed by atoms with Crippen LogP contribution in [0.1, 0.15) is 13.8 Å². The molecule has 2 heterocycles. The molecule has 0 aromatic heterocycles. The van der Waals surface area contributed by atoms with Crippen molar-refractivity contribution in [3.8, 4) is 0 Å². The van der Waals surface area contributed by atoms with Gasteiger partial charge in [-0.2, -0.15) is 0 Å². The molecule has 1 N–H and O–H groups in total. The molecular weight excluding hydrogens is 188 g/mol. The van der Waals surface area contributed by atoms with Crippen LogP contribution < -0.4 is 5.32 Å². The van der Waals surface area contributed by atoms with E-state index in [9.17, 15) is 9.59 Å². The first-order chi connectivity index (χ1) is 6.05. The molecule has 2 fully saturated rings. The Hall–Kier alpha value is -0.710. The number of nitrogens with one attached hydrogen (secondary N) is 1. The number of nitrogens with zero attached hydrogens (tertiary/aromatic N) is 1. The molecule has 0 aliphatic carbocycles. The third kappa shape index (κ3) is 1.22. The van der Waals surface area contributed by atoms with Crippen molar-refractivity contribution in [3.05, 3.63) is 0 Å². The van der Waals surface area contributed by atoms with E-state index in [1.807, 2.05) is 4.90 Å². The highest BCUT2D eigenvalue weighted by Gasteiger charge is 2.55. The van der Waals surface area contributed by atoms with Crippen LogP contribution in [0.5, 0.6) is 0 Å². The van der Waals surface area contributed by atoms with E-state index in [4.69, 9.17) is 0 Å². The van der Waals surface area contributed by atoms with Gasteiger partial charge in [0.2, 0.25) is 12.3 Å². The lowest BCUT2D eigenvalue weighted by atomic mass is 10.1. The van der Waals surface area contributed by atoms with Crippen LogP contribution in [-0.4, -0.2) is 39.9 Å². The Morgan fingerprint density at radius 3 is 3.00 bits per heavy atom. The molecule has 13 heavy (non-hydrogen) atoms. The Balaban J connectivity index is 2.08. The zero-order valence-corrected chi connectivity index (χ0v) is 8.43. The van der Waals surface area contributed by atoms with Gasteiger partial charge < -0.3 is 10.2 Å². The number of carbonyl (C=O) groups excluding carboxylic acids is 2. The molecule has 4 nitrogen and oxygen atoms in total. The lowest BCUT2D eigenvalue weighted by Gasteiger charge is -2.40. The molecule has 0 aromatic rings. The van der Waals surface area contributed by atoms with E-state index in [0.717, 1.165) is 6.54 Å².